The number of thiazole rings is 1. The van der Waals surface area contributed by atoms with Crippen molar-refractivity contribution in [2.24, 2.45) is 0 Å². The lowest BCUT2D eigenvalue weighted by molar-refractivity contribution is -0.119. The summed E-state index contributed by atoms with van der Waals surface area (Å²) in [6.45, 7) is 5.21. The highest BCUT2D eigenvalue weighted by atomic mass is 32.2. The molecule has 1 N–H and O–H groups in total. The largest absolute Gasteiger partial charge is 0.351 e. The average molecular weight is 390 g/mol. The summed E-state index contributed by atoms with van der Waals surface area (Å²) in [4.78, 5) is 19.1. The van der Waals surface area contributed by atoms with E-state index in [4.69, 9.17) is 0 Å². The van der Waals surface area contributed by atoms with Crippen LogP contribution in [0.4, 0.5) is 0 Å². The molecule has 1 aliphatic rings. The van der Waals surface area contributed by atoms with E-state index in [9.17, 15) is 4.79 Å². The number of thioether (sulfide) groups is 1. The van der Waals surface area contributed by atoms with Gasteiger partial charge in [-0.1, -0.05) is 42.1 Å². The van der Waals surface area contributed by atoms with Crippen LogP contribution in [-0.2, 0) is 11.2 Å². The summed E-state index contributed by atoms with van der Waals surface area (Å²) in [5, 5.41) is 5.23. The quantitative estimate of drug-likeness (QED) is 0.698. The number of likely N-dealkylation sites (tertiary alicyclic amines) is 1. The van der Waals surface area contributed by atoms with Gasteiger partial charge in [-0.15, -0.1) is 11.3 Å². The topological polar surface area (TPSA) is 45.2 Å². The molecule has 6 heteroatoms. The molecule has 0 spiro atoms. The van der Waals surface area contributed by atoms with E-state index in [1.54, 1.807) is 11.3 Å². The van der Waals surface area contributed by atoms with Crippen LogP contribution < -0.4 is 5.32 Å². The molecule has 3 rings (SSSR count). The first kappa shape index (κ1) is 19.4. The third-order valence-electron chi connectivity index (χ3n) is 4.58. The van der Waals surface area contributed by atoms with Crippen LogP contribution >= 0.6 is 23.1 Å². The van der Waals surface area contributed by atoms with Gasteiger partial charge in [-0.2, -0.15) is 0 Å². The lowest BCUT2D eigenvalue weighted by atomic mass is 10.0. The predicted molar refractivity (Wildman–Crippen MR) is 110 cm³/mol. The van der Waals surface area contributed by atoms with Crippen molar-refractivity contribution in [2.75, 3.05) is 25.4 Å². The van der Waals surface area contributed by atoms with Gasteiger partial charge in [-0.25, -0.2) is 4.98 Å². The Bertz CT molecular complexity index is 689. The summed E-state index contributed by atoms with van der Waals surface area (Å²) >= 11 is 3.14. The van der Waals surface area contributed by atoms with Crippen molar-refractivity contribution < 1.29 is 4.79 Å². The van der Waals surface area contributed by atoms with E-state index in [-0.39, 0.29) is 11.9 Å². The second-order valence-electron chi connectivity index (χ2n) is 6.84. The van der Waals surface area contributed by atoms with Crippen molar-refractivity contribution in [3.05, 3.63) is 47.0 Å². The molecule has 140 valence electrons. The van der Waals surface area contributed by atoms with Crippen LogP contribution in [0, 0.1) is 6.92 Å². The number of carbonyl (C=O) groups is 1. The molecule has 1 atom stereocenters. The maximum absolute atomic E-state index is 12.2. The van der Waals surface area contributed by atoms with Crippen LogP contribution in [-0.4, -0.2) is 47.2 Å². The molecule has 0 saturated carbocycles. The first-order valence-electron chi connectivity index (χ1n) is 9.29. The molecule has 0 aliphatic carbocycles. The second-order valence-corrected chi connectivity index (χ2v) is 8.92. The molecule has 0 bridgehead atoms. The third kappa shape index (κ3) is 6.41. The van der Waals surface area contributed by atoms with Crippen LogP contribution in [0.2, 0.25) is 0 Å². The molecule has 1 fully saturated rings. The number of piperidine rings is 1. The van der Waals surface area contributed by atoms with Crippen LogP contribution in [0.5, 0.6) is 0 Å². The molecular formula is C20H27N3OS2. The highest BCUT2D eigenvalue weighted by Crippen LogP contribution is 2.22. The van der Waals surface area contributed by atoms with Gasteiger partial charge in [0.25, 0.3) is 0 Å². The van der Waals surface area contributed by atoms with Gasteiger partial charge in [-0.05, 0) is 51.3 Å². The molecule has 2 heterocycles. The number of nitrogens with zero attached hydrogens (tertiary/aromatic N) is 2. The van der Waals surface area contributed by atoms with Crippen LogP contribution in [0.1, 0.15) is 30.5 Å². The van der Waals surface area contributed by atoms with Crippen LogP contribution in [0.15, 0.2) is 40.1 Å². The van der Waals surface area contributed by atoms with Crippen molar-refractivity contribution >= 4 is 29.0 Å². The summed E-state index contributed by atoms with van der Waals surface area (Å²) in [5.41, 5.74) is 2.43. The number of hydrogen-bond donors (Lipinski definition) is 1. The summed E-state index contributed by atoms with van der Waals surface area (Å²) in [5.74, 6) is 0.580. The zero-order chi connectivity index (χ0) is 18.2. The fourth-order valence-corrected chi connectivity index (χ4v) is 4.98. The molecule has 0 unspecified atom stereocenters. The predicted octanol–water partition coefficient (Wildman–Crippen LogP) is 3.76. The summed E-state index contributed by atoms with van der Waals surface area (Å²) in [6, 6.07) is 10.9. The number of aromatic nitrogens is 1. The van der Waals surface area contributed by atoms with E-state index in [0.717, 1.165) is 48.9 Å². The number of nitrogens with one attached hydrogen (secondary N) is 1. The highest BCUT2D eigenvalue weighted by molar-refractivity contribution is 8.01. The molecule has 2 aromatic rings. The molecule has 1 amide bonds. The number of rotatable bonds is 8. The van der Waals surface area contributed by atoms with E-state index in [1.165, 1.54) is 23.7 Å². The Kier molecular flexibility index (Phi) is 7.53. The van der Waals surface area contributed by atoms with Gasteiger partial charge in [0.1, 0.15) is 0 Å². The van der Waals surface area contributed by atoms with Gasteiger partial charge < -0.3 is 10.2 Å². The Hall–Kier alpha value is -1.37. The zero-order valence-corrected chi connectivity index (χ0v) is 17.0. The minimum Gasteiger partial charge on any atom is -0.351 e. The highest BCUT2D eigenvalue weighted by Gasteiger charge is 2.21. The smallest absolute Gasteiger partial charge is 0.230 e. The van der Waals surface area contributed by atoms with Gasteiger partial charge in [-0.3, -0.25) is 4.79 Å². The Balaban J connectivity index is 1.35. The number of aryl methyl sites for hydroxylation is 2. The van der Waals surface area contributed by atoms with E-state index >= 15 is 0 Å². The Labute approximate surface area is 164 Å². The maximum atomic E-state index is 12.2. The summed E-state index contributed by atoms with van der Waals surface area (Å²) in [6.07, 6.45) is 4.54. The number of carbonyl (C=O) groups excluding carboxylic acids is 1. The second kappa shape index (κ2) is 10.1. The number of hydrogen-bond acceptors (Lipinski definition) is 5. The SMILES string of the molecule is Cc1csc(SCC(=O)N[C@@H]2CCCN(CCCc3ccccc3)C2)n1. The molecule has 0 radical (unpaired) electrons. The standard InChI is InChI=1S/C20H27N3OS2/c1-16-14-25-20(21-16)26-15-19(24)22-18-10-6-12-23(13-18)11-5-9-17-7-3-2-4-8-17/h2-4,7-8,14,18H,5-6,9-13,15H2,1H3,(H,22,24)/t18-/m1/s1. The van der Waals surface area contributed by atoms with Crippen molar-refractivity contribution in [3.8, 4) is 0 Å². The third-order valence-corrected chi connectivity index (χ3v) is 6.72. The lowest BCUT2D eigenvalue weighted by Gasteiger charge is -2.33. The first-order valence-corrected chi connectivity index (χ1v) is 11.2. The van der Waals surface area contributed by atoms with Crippen LogP contribution in [0.3, 0.4) is 0 Å². The van der Waals surface area contributed by atoms with Gasteiger partial charge in [0, 0.05) is 23.7 Å². The van der Waals surface area contributed by atoms with Crippen molar-refractivity contribution in [1.82, 2.24) is 15.2 Å². The zero-order valence-electron chi connectivity index (χ0n) is 15.3. The van der Waals surface area contributed by atoms with Crippen molar-refractivity contribution in [3.63, 3.8) is 0 Å². The van der Waals surface area contributed by atoms with Gasteiger partial charge in [0.15, 0.2) is 4.34 Å². The molecule has 1 saturated heterocycles. The van der Waals surface area contributed by atoms with Crippen molar-refractivity contribution in [2.45, 2.75) is 43.0 Å². The minimum atomic E-state index is 0.124. The first-order chi connectivity index (χ1) is 12.7. The maximum Gasteiger partial charge on any atom is 0.230 e. The van der Waals surface area contributed by atoms with E-state index in [2.05, 4.69) is 45.5 Å². The molecule has 1 aromatic carbocycles. The minimum absolute atomic E-state index is 0.124. The molecule has 26 heavy (non-hydrogen) atoms. The number of amides is 1. The molecular weight excluding hydrogens is 362 g/mol. The molecule has 1 aromatic heterocycles. The van der Waals surface area contributed by atoms with Crippen LogP contribution in [0.25, 0.3) is 0 Å². The van der Waals surface area contributed by atoms with Gasteiger partial charge >= 0.3 is 0 Å². The monoisotopic (exact) mass is 389 g/mol. The Morgan fingerprint density at radius 3 is 3.00 bits per heavy atom. The summed E-state index contributed by atoms with van der Waals surface area (Å²) in [7, 11) is 0. The van der Waals surface area contributed by atoms with E-state index in [0.29, 0.717) is 5.75 Å². The number of benzene rings is 1. The van der Waals surface area contributed by atoms with E-state index < -0.39 is 0 Å². The normalized spacial score (nSPS) is 18.0. The van der Waals surface area contributed by atoms with Gasteiger partial charge in [0.2, 0.25) is 5.91 Å². The van der Waals surface area contributed by atoms with E-state index in [1.807, 2.05) is 12.3 Å². The van der Waals surface area contributed by atoms with Crippen molar-refractivity contribution in [1.29, 1.82) is 0 Å². The molecule has 4 nitrogen and oxygen atoms in total. The average Bonchev–Trinajstić information content (AvgIpc) is 3.07. The Morgan fingerprint density at radius 2 is 2.23 bits per heavy atom. The fraction of sp³-hybridized carbons (Fsp3) is 0.500. The fourth-order valence-electron chi connectivity index (χ4n) is 3.32. The lowest BCUT2D eigenvalue weighted by Crippen LogP contribution is -2.48. The summed E-state index contributed by atoms with van der Waals surface area (Å²) < 4.78 is 0.976. The Morgan fingerprint density at radius 1 is 1.38 bits per heavy atom. The molecule has 1 aliphatic heterocycles. The van der Waals surface area contributed by atoms with Gasteiger partial charge in [0.05, 0.1) is 5.75 Å².